The summed E-state index contributed by atoms with van der Waals surface area (Å²) >= 11 is 1.44. The summed E-state index contributed by atoms with van der Waals surface area (Å²) in [7, 11) is 0. The number of hydrogen-bond donors (Lipinski definition) is 2. The fourth-order valence-corrected chi connectivity index (χ4v) is 4.18. The van der Waals surface area contributed by atoms with Crippen LogP contribution < -0.4 is 0 Å². The second kappa shape index (κ2) is 6.88. The molecule has 1 atom stereocenters. The molecule has 0 amide bonds. The minimum absolute atomic E-state index is 0.0663. The summed E-state index contributed by atoms with van der Waals surface area (Å²) in [4.78, 5) is 8.00. The molecule has 0 bridgehead atoms. The molecule has 1 aromatic carbocycles. The van der Waals surface area contributed by atoms with Crippen LogP contribution in [0.5, 0.6) is 5.88 Å². The second-order valence-electron chi connectivity index (χ2n) is 5.75. The number of likely N-dealkylation sites (N-methyl/N-ethyl adjacent to an activating group) is 1. The van der Waals surface area contributed by atoms with Gasteiger partial charge in [0, 0.05) is 6.54 Å². The molecule has 0 saturated heterocycles. The zero-order chi connectivity index (χ0) is 17.3. The molecule has 24 heavy (non-hydrogen) atoms. The van der Waals surface area contributed by atoms with E-state index in [-0.39, 0.29) is 18.5 Å². The van der Waals surface area contributed by atoms with Crippen LogP contribution in [0.2, 0.25) is 0 Å². The Morgan fingerprint density at radius 1 is 1.29 bits per heavy atom. The number of aromatic hydroxyl groups is 1. The average Bonchev–Trinajstić information content (AvgIpc) is 3.07. The first-order valence-corrected chi connectivity index (χ1v) is 8.84. The highest BCUT2D eigenvalue weighted by Crippen LogP contribution is 2.40. The van der Waals surface area contributed by atoms with Gasteiger partial charge in [0.1, 0.15) is 5.82 Å². The predicted molar refractivity (Wildman–Crippen MR) is 94.6 cm³/mol. The lowest BCUT2D eigenvalue weighted by Crippen LogP contribution is -2.32. The van der Waals surface area contributed by atoms with Crippen LogP contribution in [0.25, 0.3) is 4.96 Å². The zero-order valence-corrected chi connectivity index (χ0v) is 14.9. The first-order chi connectivity index (χ1) is 11.6. The summed E-state index contributed by atoms with van der Waals surface area (Å²) in [6.45, 7) is 7.28. The van der Waals surface area contributed by atoms with E-state index in [4.69, 9.17) is 0 Å². The van der Waals surface area contributed by atoms with Crippen LogP contribution in [0, 0.1) is 13.8 Å². The van der Waals surface area contributed by atoms with Crippen LogP contribution in [0.15, 0.2) is 24.3 Å². The molecule has 2 heterocycles. The topological polar surface area (TPSA) is 73.9 Å². The van der Waals surface area contributed by atoms with E-state index < -0.39 is 0 Å². The molecule has 128 valence electrons. The number of fused-ring (bicyclic) bond motifs is 1. The van der Waals surface area contributed by atoms with Gasteiger partial charge in [0.15, 0.2) is 0 Å². The van der Waals surface area contributed by atoms with Gasteiger partial charge in [-0.05, 0) is 31.5 Å². The molecule has 0 saturated carbocycles. The summed E-state index contributed by atoms with van der Waals surface area (Å²) in [5.41, 5.74) is 2.26. The fourth-order valence-electron chi connectivity index (χ4n) is 3.02. The maximum Gasteiger partial charge on any atom is 0.230 e. The quantitative estimate of drug-likeness (QED) is 0.717. The Hall–Kier alpha value is -1.96. The maximum absolute atomic E-state index is 10.7. The lowest BCUT2D eigenvalue weighted by molar-refractivity contribution is 0.174. The number of rotatable bonds is 6. The molecule has 0 radical (unpaired) electrons. The van der Waals surface area contributed by atoms with Gasteiger partial charge in [-0.1, -0.05) is 42.5 Å². The summed E-state index contributed by atoms with van der Waals surface area (Å²) in [5, 5.41) is 24.4. The molecule has 6 nitrogen and oxygen atoms in total. The monoisotopic (exact) mass is 346 g/mol. The SMILES string of the molecule is CCN(CCO)C(c1ccccc1C)c1sc2nc(C)nn2c1O. The van der Waals surface area contributed by atoms with Crippen LogP contribution in [0.3, 0.4) is 0 Å². The summed E-state index contributed by atoms with van der Waals surface area (Å²) in [6, 6.07) is 8.00. The standard InChI is InChI=1S/C17H22N4O2S/c1-4-20(9-10-22)14(13-8-6-5-7-11(13)2)15-16(23)21-17(24-15)18-12(3)19-21/h5-8,14,22-23H,4,9-10H2,1-3H3. The Morgan fingerprint density at radius 3 is 2.67 bits per heavy atom. The van der Waals surface area contributed by atoms with E-state index in [2.05, 4.69) is 41.0 Å². The van der Waals surface area contributed by atoms with E-state index >= 15 is 0 Å². The van der Waals surface area contributed by atoms with Gasteiger partial charge in [0.05, 0.1) is 17.5 Å². The first kappa shape index (κ1) is 16.9. The van der Waals surface area contributed by atoms with Gasteiger partial charge < -0.3 is 10.2 Å². The number of benzene rings is 1. The van der Waals surface area contributed by atoms with Crippen molar-refractivity contribution in [3.63, 3.8) is 0 Å². The molecule has 3 aromatic rings. The Bertz CT molecular complexity index is 842. The Morgan fingerprint density at radius 2 is 2.04 bits per heavy atom. The van der Waals surface area contributed by atoms with Gasteiger partial charge in [-0.15, -0.1) is 5.10 Å². The number of aliphatic hydroxyl groups is 1. The maximum atomic E-state index is 10.7. The number of aliphatic hydroxyl groups excluding tert-OH is 1. The van der Waals surface area contributed by atoms with E-state index in [1.165, 1.54) is 15.9 Å². The van der Waals surface area contributed by atoms with Crippen molar-refractivity contribution in [2.24, 2.45) is 0 Å². The lowest BCUT2D eigenvalue weighted by Gasteiger charge is -2.30. The molecule has 2 aromatic heterocycles. The number of nitrogens with zero attached hydrogens (tertiary/aromatic N) is 4. The van der Waals surface area contributed by atoms with E-state index in [0.29, 0.717) is 17.3 Å². The van der Waals surface area contributed by atoms with Crippen molar-refractivity contribution >= 4 is 16.3 Å². The molecule has 3 rings (SSSR count). The van der Waals surface area contributed by atoms with Gasteiger partial charge in [0.2, 0.25) is 10.8 Å². The summed E-state index contributed by atoms with van der Waals surface area (Å²) < 4.78 is 1.49. The molecular weight excluding hydrogens is 324 g/mol. The highest BCUT2D eigenvalue weighted by Gasteiger charge is 2.29. The molecule has 7 heteroatoms. The summed E-state index contributed by atoms with van der Waals surface area (Å²) in [5.74, 6) is 0.762. The lowest BCUT2D eigenvalue weighted by atomic mass is 9.98. The van der Waals surface area contributed by atoms with Crippen LogP contribution in [0.1, 0.15) is 34.8 Å². The summed E-state index contributed by atoms with van der Waals surface area (Å²) in [6.07, 6.45) is 0. The van der Waals surface area contributed by atoms with Crippen molar-refractivity contribution in [1.82, 2.24) is 19.5 Å². The third kappa shape index (κ3) is 2.90. The van der Waals surface area contributed by atoms with E-state index in [0.717, 1.165) is 22.5 Å². The van der Waals surface area contributed by atoms with Crippen molar-refractivity contribution in [3.05, 3.63) is 46.1 Å². The molecule has 0 aliphatic heterocycles. The van der Waals surface area contributed by atoms with Crippen molar-refractivity contribution < 1.29 is 10.2 Å². The minimum Gasteiger partial charge on any atom is -0.492 e. The van der Waals surface area contributed by atoms with Crippen LogP contribution >= 0.6 is 11.3 Å². The Labute approximate surface area is 145 Å². The molecule has 2 N–H and O–H groups in total. The minimum atomic E-state index is -0.142. The average molecular weight is 346 g/mol. The van der Waals surface area contributed by atoms with Gasteiger partial charge in [-0.2, -0.15) is 4.52 Å². The van der Waals surface area contributed by atoms with Gasteiger partial charge >= 0.3 is 0 Å². The predicted octanol–water partition coefficient (Wildman–Crippen LogP) is 2.52. The second-order valence-corrected chi connectivity index (χ2v) is 6.76. The highest BCUT2D eigenvalue weighted by molar-refractivity contribution is 7.17. The Kier molecular flexibility index (Phi) is 4.84. The van der Waals surface area contributed by atoms with Crippen molar-refractivity contribution in [2.45, 2.75) is 26.8 Å². The number of aromatic nitrogens is 3. The molecular formula is C17H22N4O2S. The normalized spacial score (nSPS) is 13.0. The van der Waals surface area contributed by atoms with Gasteiger partial charge in [-0.25, -0.2) is 4.98 Å². The fraction of sp³-hybridized carbons (Fsp3) is 0.412. The highest BCUT2D eigenvalue weighted by atomic mass is 32.1. The van der Waals surface area contributed by atoms with Gasteiger partial charge in [0.25, 0.3) is 0 Å². The number of hydrogen-bond acceptors (Lipinski definition) is 6. The molecule has 0 aliphatic rings. The largest absolute Gasteiger partial charge is 0.492 e. The van der Waals surface area contributed by atoms with Crippen LogP contribution in [0.4, 0.5) is 0 Å². The molecule has 0 spiro atoms. The number of thiazole rings is 1. The smallest absolute Gasteiger partial charge is 0.230 e. The third-order valence-corrected chi connectivity index (χ3v) is 5.27. The van der Waals surface area contributed by atoms with Crippen molar-refractivity contribution in [1.29, 1.82) is 0 Å². The van der Waals surface area contributed by atoms with E-state index in [9.17, 15) is 10.2 Å². The first-order valence-electron chi connectivity index (χ1n) is 8.02. The molecule has 0 aliphatic carbocycles. The third-order valence-electron chi connectivity index (χ3n) is 4.20. The molecule has 0 fully saturated rings. The van der Waals surface area contributed by atoms with Crippen molar-refractivity contribution in [3.8, 4) is 5.88 Å². The molecule has 1 unspecified atom stereocenters. The number of aryl methyl sites for hydroxylation is 2. The van der Waals surface area contributed by atoms with Crippen LogP contribution in [-0.2, 0) is 0 Å². The van der Waals surface area contributed by atoms with E-state index in [1.807, 2.05) is 19.1 Å². The van der Waals surface area contributed by atoms with E-state index in [1.54, 1.807) is 0 Å². The van der Waals surface area contributed by atoms with Crippen molar-refractivity contribution in [2.75, 3.05) is 19.7 Å². The van der Waals surface area contributed by atoms with Gasteiger partial charge in [-0.3, -0.25) is 4.90 Å². The Balaban J connectivity index is 2.17. The zero-order valence-electron chi connectivity index (χ0n) is 14.1. The van der Waals surface area contributed by atoms with Crippen LogP contribution in [-0.4, -0.2) is 49.4 Å².